The van der Waals surface area contributed by atoms with E-state index in [4.69, 9.17) is 14.7 Å². The van der Waals surface area contributed by atoms with Crippen LogP contribution in [0.25, 0.3) is 22.3 Å². The molecule has 4 aromatic rings. The number of rotatable bonds is 5. The zero-order chi connectivity index (χ0) is 21.0. The molecule has 0 unspecified atom stereocenters. The minimum Gasteiger partial charge on any atom is -0.494 e. The van der Waals surface area contributed by atoms with E-state index in [9.17, 15) is 0 Å². The van der Waals surface area contributed by atoms with Gasteiger partial charge in [-0.25, -0.2) is 19.9 Å². The van der Waals surface area contributed by atoms with Crippen LogP contribution in [0.4, 0.5) is 17.5 Å². The second-order valence-corrected chi connectivity index (χ2v) is 6.99. The lowest BCUT2D eigenvalue weighted by atomic mass is 10.2. The zero-order valence-corrected chi connectivity index (χ0v) is 17.0. The number of hydrogen-bond donors (Lipinski definition) is 2. The number of nitrogens with one attached hydrogen (secondary N) is 2. The monoisotopic (exact) mass is 415 g/mol. The van der Waals surface area contributed by atoms with Gasteiger partial charge < -0.3 is 20.3 Å². The van der Waals surface area contributed by atoms with Gasteiger partial charge in [-0.2, -0.15) is 0 Å². The first kappa shape index (κ1) is 19.1. The SMILES string of the molecule is COc1cncc2nc(-c3ccnc(Nc4cnccn4)c3)nc(N3CCNCC3)c12. The van der Waals surface area contributed by atoms with Crippen molar-refractivity contribution in [1.82, 2.24) is 35.2 Å². The van der Waals surface area contributed by atoms with E-state index in [0.29, 0.717) is 23.2 Å². The molecule has 0 aromatic carbocycles. The summed E-state index contributed by atoms with van der Waals surface area (Å²) in [6, 6.07) is 3.78. The van der Waals surface area contributed by atoms with Crippen molar-refractivity contribution in [2.75, 3.05) is 43.5 Å². The molecule has 0 aliphatic carbocycles. The zero-order valence-electron chi connectivity index (χ0n) is 17.0. The summed E-state index contributed by atoms with van der Waals surface area (Å²) in [5, 5.41) is 7.41. The minimum atomic E-state index is 0.598. The van der Waals surface area contributed by atoms with E-state index < -0.39 is 0 Å². The van der Waals surface area contributed by atoms with Gasteiger partial charge in [-0.05, 0) is 12.1 Å². The number of hydrogen-bond acceptors (Lipinski definition) is 10. The summed E-state index contributed by atoms with van der Waals surface area (Å²) in [5.74, 6) is 3.36. The molecule has 5 heterocycles. The summed E-state index contributed by atoms with van der Waals surface area (Å²) in [6.45, 7) is 3.51. The molecule has 0 spiro atoms. The third-order valence-corrected chi connectivity index (χ3v) is 5.03. The average Bonchev–Trinajstić information content (AvgIpc) is 2.84. The van der Waals surface area contributed by atoms with Crippen molar-refractivity contribution >= 4 is 28.4 Å². The van der Waals surface area contributed by atoms with Crippen molar-refractivity contribution in [3.05, 3.63) is 49.3 Å². The molecular formula is C21H21N9O. The normalized spacial score (nSPS) is 13.9. The molecule has 1 saturated heterocycles. The highest BCUT2D eigenvalue weighted by atomic mass is 16.5. The predicted octanol–water partition coefficient (Wildman–Crippen LogP) is 2.04. The molecule has 4 aromatic heterocycles. The average molecular weight is 415 g/mol. The van der Waals surface area contributed by atoms with Gasteiger partial charge in [0.05, 0.1) is 36.6 Å². The van der Waals surface area contributed by atoms with Crippen LogP contribution in [0.1, 0.15) is 0 Å². The van der Waals surface area contributed by atoms with E-state index in [2.05, 4.69) is 35.5 Å². The summed E-state index contributed by atoms with van der Waals surface area (Å²) >= 11 is 0. The van der Waals surface area contributed by atoms with Gasteiger partial charge in [0, 0.05) is 50.3 Å². The smallest absolute Gasteiger partial charge is 0.162 e. The van der Waals surface area contributed by atoms with Crippen LogP contribution in [0.5, 0.6) is 5.75 Å². The Morgan fingerprint density at radius 1 is 0.968 bits per heavy atom. The van der Waals surface area contributed by atoms with E-state index in [1.165, 1.54) is 0 Å². The number of anilines is 3. The number of ether oxygens (including phenoxy) is 1. The molecule has 5 rings (SSSR count). The molecule has 2 N–H and O–H groups in total. The standard InChI is InChI=1S/C21H21N9O/c1-31-16-12-24-11-15-19(16)21(30-8-6-22-7-9-30)29-20(27-15)14-2-3-25-17(10-14)28-18-13-23-4-5-26-18/h2-5,10-13,22H,6-9H2,1H3,(H,25,26,28). The molecule has 10 nitrogen and oxygen atoms in total. The molecule has 1 aliphatic rings. The lowest BCUT2D eigenvalue weighted by Crippen LogP contribution is -2.44. The summed E-state index contributed by atoms with van der Waals surface area (Å²) < 4.78 is 5.57. The Balaban J connectivity index is 1.59. The Morgan fingerprint density at radius 2 is 1.84 bits per heavy atom. The summed E-state index contributed by atoms with van der Waals surface area (Å²) in [6.07, 6.45) is 10.1. The van der Waals surface area contributed by atoms with Crippen molar-refractivity contribution in [2.45, 2.75) is 0 Å². The molecule has 10 heteroatoms. The molecule has 156 valence electrons. The van der Waals surface area contributed by atoms with Crippen LogP contribution in [0.2, 0.25) is 0 Å². The predicted molar refractivity (Wildman–Crippen MR) is 118 cm³/mol. The molecule has 1 fully saturated rings. The Kier molecular flexibility index (Phi) is 5.19. The number of methoxy groups -OCH3 is 1. The van der Waals surface area contributed by atoms with E-state index in [1.807, 2.05) is 12.1 Å². The van der Waals surface area contributed by atoms with Crippen molar-refractivity contribution in [1.29, 1.82) is 0 Å². The molecule has 0 saturated carbocycles. The van der Waals surface area contributed by atoms with E-state index >= 15 is 0 Å². The largest absolute Gasteiger partial charge is 0.494 e. The first-order valence-electron chi connectivity index (χ1n) is 9.97. The van der Waals surface area contributed by atoms with E-state index in [0.717, 1.165) is 48.5 Å². The third-order valence-electron chi connectivity index (χ3n) is 5.03. The molecule has 1 aliphatic heterocycles. The van der Waals surface area contributed by atoms with Crippen molar-refractivity contribution in [3.63, 3.8) is 0 Å². The van der Waals surface area contributed by atoms with Gasteiger partial charge in [-0.1, -0.05) is 0 Å². The Morgan fingerprint density at radius 3 is 2.65 bits per heavy atom. The van der Waals surface area contributed by atoms with Crippen molar-refractivity contribution in [3.8, 4) is 17.1 Å². The minimum absolute atomic E-state index is 0.598. The van der Waals surface area contributed by atoms with Crippen LogP contribution < -0.4 is 20.3 Å². The van der Waals surface area contributed by atoms with Crippen LogP contribution in [0, 0.1) is 0 Å². The summed E-state index contributed by atoms with van der Waals surface area (Å²) in [5.41, 5.74) is 1.57. The second-order valence-electron chi connectivity index (χ2n) is 6.99. The summed E-state index contributed by atoms with van der Waals surface area (Å²) in [7, 11) is 1.64. The van der Waals surface area contributed by atoms with Gasteiger partial charge in [0.15, 0.2) is 5.82 Å². The fraction of sp³-hybridized carbons (Fsp3) is 0.238. The number of piperazine rings is 1. The second kappa shape index (κ2) is 8.44. The van der Waals surface area contributed by atoms with Gasteiger partial charge >= 0.3 is 0 Å². The Labute approximate surface area is 178 Å². The van der Waals surface area contributed by atoms with Crippen molar-refractivity contribution < 1.29 is 4.74 Å². The van der Waals surface area contributed by atoms with Gasteiger partial charge in [-0.15, -0.1) is 0 Å². The highest BCUT2D eigenvalue weighted by Gasteiger charge is 2.20. The third kappa shape index (κ3) is 3.92. The van der Waals surface area contributed by atoms with Crippen LogP contribution >= 0.6 is 0 Å². The Hall–Kier alpha value is -3.92. The van der Waals surface area contributed by atoms with Crippen LogP contribution in [0.15, 0.2) is 49.3 Å². The van der Waals surface area contributed by atoms with Gasteiger partial charge in [0.2, 0.25) is 0 Å². The number of nitrogens with zero attached hydrogens (tertiary/aromatic N) is 7. The maximum atomic E-state index is 5.57. The number of aromatic nitrogens is 6. The first-order chi connectivity index (χ1) is 15.3. The highest BCUT2D eigenvalue weighted by molar-refractivity contribution is 5.95. The van der Waals surface area contributed by atoms with Crippen LogP contribution in [-0.2, 0) is 0 Å². The molecule has 31 heavy (non-hydrogen) atoms. The lowest BCUT2D eigenvalue weighted by molar-refractivity contribution is 0.418. The maximum absolute atomic E-state index is 5.57. The molecule has 0 radical (unpaired) electrons. The molecular weight excluding hydrogens is 394 g/mol. The Bertz CT molecular complexity index is 1200. The molecule has 0 atom stereocenters. The molecule has 0 bridgehead atoms. The highest BCUT2D eigenvalue weighted by Crippen LogP contribution is 2.34. The van der Waals surface area contributed by atoms with Gasteiger partial charge in [0.1, 0.15) is 23.2 Å². The van der Waals surface area contributed by atoms with Crippen LogP contribution in [-0.4, -0.2) is 63.2 Å². The van der Waals surface area contributed by atoms with E-state index in [-0.39, 0.29) is 0 Å². The summed E-state index contributed by atoms with van der Waals surface area (Å²) in [4.78, 5) is 29.0. The number of pyridine rings is 2. The maximum Gasteiger partial charge on any atom is 0.162 e. The van der Waals surface area contributed by atoms with Gasteiger partial charge in [-0.3, -0.25) is 9.97 Å². The van der Waals surface area contributed by atoms with E-state index in [1.54, 1.807) is 44.3 Å². The lowest BCUT2D eigenvalue weighted by Gasteiger charge is -2.29. The fourth-order valence-electron chi connectivity index (χ4n) is 3.56. The van der Waals surface area contributed by atoms with Gasteiger partial charge in [0.25, 0.3) is 0 Å². The quantitative estimate of drug-likeness (QED) is 0.502. The van der Waals surface area contributed by atoms with Crippen LogP contribution in [0.3, 0.4) is 0 Å². The van der Waals surface area contributed by atoms with Crippen molar-refractivity contribution in [2.24, 2.45) is 0 Å². The first-order valence-corrected chi connectivity index (χ1v) is 9.97. The number of fused-ring (bicyclic) bond motifs is 1. The fourth-order valence-corrected chi connectivity index (χ4v) is 3.56. The molecule has 0 amide bonds. The topological polar surface area (TPSA) is 114 Å².